The number of rotatable bonds is 4. The van der Waals surface area contributed by atoms with Crippen LogP contribution in [0.1, 0.15) is 34.9 Å². The van der Waals surface area contributed by atoms with E-state index in [1.165, 1.54) is 24.2 Å². The highest BCUT2D eigenvalue weighted by atomic mass is 32.1. The highest BCUT2D eigenvalue weighted by Gasteiger charge is 2.26. The average Bonchev–Trinajstić information content (AvgIpc) is 2.94. The minimum atomic E-state index is -0.293. The Morgan fingerprint density at radius 1 is 1.38 bits per heavy atom. The number of carbonyl (C=O) groups excluding carboxylic acids is 1. The molecule has 7 heteroatoms. The molecule has 1 aliphatic rings. The van der Waals surface area contributed by atoms with Gasteiger partial charge in [-0.1, -0.05) is 11.2 Å². The summed E-state index contributed by atoms with van der Waals surface area (Å²) in [5.41, 5.74) is 1.34. The summed E-state index contributed by atoms with van der Waals surface area (Å²) < 4.78 is 5.20. The van der Waals surface area contributed by atoms with Gasteiger partial charge in [0.05, 0.1) is 10.6 Å². The average molecular weight is 317 g/mol. The predicted octanol–water partition coefficient (Wildman–Crippen LogP) is 3.99. The fourth-order valence-corrected chi connectivity index (χ4v) is 3.45. The maximum atomic E-state index is 12.1. The maximum Gasteiger partial charge on any atom is 0.279 e. The van der Waals surface area contributed by atoms with Crippen molar-refractivity contribution in [2.45, 2.75) is 18.8 Å². The number of nitrogens with zero attached hydrogens (tertiary/aromatic N) is 2. The number of amides is 1. The molecule has 3 heterocycles. The highest BCUT2D eigenvalue weighted by molar-refractivity contribution is 7.14. The van der Waals surface area contributed by atoms with Gasteiger partial charge in [-0.2, -0.15) is 0 Å². The Labute approximate surface area is 128 Å². The fourth-order valence-electron chi connectivity index (χ4n) is 1.99. The predicted molar refractivity (Wildman–Crippen MR) is 81.9 cm³/mol. The second kappa shape index (κ2) is 5.09. The van der Waals surface area contributed by atoms with E-state index < -0.39 is 0 Å². The van der Waals surface area contributed by atoms with E-state index in [4.69, 9.17) is 4.52 Å². The van der Waals surface area contributed by atoms with E-state index in [9.17, 15) is 4.79 Å². The molecule has 3 aromatic rings. The van der Waals surface area contributed by atoms with E-state index in [0.29, 0.717) is 16.8 Å². The van der Waals surface area contributed by atoms with Crippen molar-refractivity contribution in [3.63, 3.8) is 0 Å². The topological polar surface area (TPSA) is 68.0 Å². The van der Waals surface area contributed by atoms with Gasteiger partial charge in [-0.15, -0.1) is 22.7 Å². The Morgan fingerprint density at radius 2 is 2.29 bits per heavy atom. The lowest BCUT2D eigenvalue weighted by atomic mass is 10.3. The van der Waals surface area contributed by atoms with E-state index in [1.54, 1.807) is 17.4 Å². The fraction of sp³-hybridized carbons (Fsp3) is 0.214. The third-order valence-corrected chi connectivity index (χ3v) is 4.91. The normalized spacial score (nSPS) is 14.3. The summed E-state index contributed by atoms with van der Waals surface area (Å²) in [6.45, 7) is 0. The number of aromatic nitrogens is 2. The molecule has 21 heavy (non-hydrogen) atoms. The van der Waals surface area contributed by atoms with E-state index in [-0.39, 0.29) is 11.6 Å². The summed E-state index contributed by atoms with van der Waals surface area (Å²) in [5, 5.41) is 11.2. The largest absolute Gasteiger partial charge is 0.355 e. The molecule has 5 nitrogen and oxygen atoms in total. The van der Waals surface area contributed by atoms with Gasteiger partial charge in [0.15, 0.2) is 16.6 Å². The van der Waals surface area contributed by atoms with Crippen molar-refractivity contribution in [2.75, 3.05) is 5.32 Å². The van der Waals surface area contributed by atoms with Crippen LogP contribution in [0.3, 0.4) is 0 Å². The number of thiophene rings is 1. The second-order valence-electron chi connectivity index (χ2n) is 4.86. The van der Waals surface area contributed by atoms with Crippen LogP contribution in [0.4, 0.5) is 5.13 Å². The summed E-state index contributed by atoms with van der Waals surface area (Å²) >= 11 is 2.99. The van der Waals surface area contributed by atoms with Crippen LogP contribution in [-0.2, 0) is 0 Å². The molecular formula is C14H11N3O2S2. The van der Waals surface area contributed by atoms with E-state index in [2.05, 4.69) is 15.5 Å². The Kier molecular flexibility index (Phi) is 3.08. The maximum absolute atomic E-state index is 12.1. The van der Waals surface area contributed by atoms with Crippen LogP contribution in [0.5, 0.6) is 0 Å². The molecule has 0 saturated heterocycles. The molecule has 0 bridgehead atoms. The van der Waals surface area contributed by atoms with Crippen molar-refractivity contribution < 1.29 is 9.32 Å². The molecule has 3 aromatic heterocycles. The molecule has 0 atom stereocenters. The van der Waals surface area contributed by atoms with Gasteiger partial charge in [-0.25, -0.2) is 4.98 Å². The Balaban J connectivity index is 1.49. The van der Waals surface area contributed by atoms with Gasteiger partial charge in [0.25, 0.3) is 5.91 Å². The van der Waals surface area contributed by atoms with Gasteiger partial charge in [0.1, 0.15) is 0 Å². The van der Waals surface area contributed by atoms with Crippen molar-refractivity contribution in [3.8, 4) is 10.6 Å². The molecule has 1 fully saturated rings. The van der Waals surface area contributed by atoms with Gasteiger partial charge < -0.3 is 4.52 Å². The molecule has 1 N–H and O–H groups in total. The van der Waals surface area contributed by atoms with Crippen molar-refractivity contribution in [2.24, 2.45) is 0 Å². The second-order valence-corrected chi connectivity index (χ2v) is 6.67. The van der Waals surface area contributed by atoms with Crippen LogP contribution in [-0.4, -0.2) is 16.0 Å². The first-order valence-corrected chi connectivity index (χ1v) is 8.33. The Morgan fingerprint density at radius 3 is 3.05 bits per heavy atom. The summed E-state index contributed by atoms with van der Waals surface area (Å²) in [4.78, 5) is 17.5. The molecule has 4 rings (SSSR count). The zero-order valence-corrected chi connectivity index (χ0v) is 12.5. The molecular weight excluding hydrogens is 306 g/mol. The van der Waals surface area contributed by atoms with Gasteiger partial charge >= 0.3 is 0 Å². The SMILES string of the molecule is O=C(Nc1nc(C2CC2)cs1)c1cc(-c2cccs2)on1. The van der Waals surface area contributed by atoms with Gasteiger partial charge in [-0.3, -0.25) is 10.1 Å². The monoisotopic (exact) mass is 317 g/mol. The number of thiazole rings is 1. The Hall–Kier alpha value is -1.99. The third-order valence-electron chi connectivity index (χ3n) is 3.24. The Bertz CT molecular complexity index is 772. The van der Waals surface area contributed by atoms with Gasteiger partial charge in [-0.05, 0) is 24.3 Å². The molecule has 0 spiro atoms. The smallest absolute Gasteiger partial charge is 0.279 e. The van der Waals surface area contributed by atoms with E-state index >= 15 is 0 Å². The molecule has 1 aliphatic carbocycles. The molecule has 0 radical (unpaired) electrons. The third kappa shape index (κ3) is 2.62. The first-order valence-electron chi connectivity index (χ1n) is 6.57. The zero-order valence-electron chi connectivity index (χ0n) is 10.9. The van der Waals surface area contributed by atoms with Gasteiger partial charge in [0.2, 0.25) is 0 Å². The number of nitrogens with one attached hydrogen (secondary N) is 1. The lowest BCUT2D eigenvalue weighted by Gasteiger charge is -1.96. The summed E-state index contributed by atoms with van der Waals surface area (Å²) in [5.74, 6) is 0.899. The van der Waals surface area contributed by atoms with Crippen LogP contribution < -0.4 is 5.32 Å². The van der Waals surface area contributed by atoms with E-state index in [1.807, 2.05) is 22.9 Å². The molecule has 0 aliphatic heterocycles. The summed E-state index contributed by atoms with van der Waals surface area (Å²) in [7, 11) is 0. The molecule has 106 valence electrons. The molecule has 1 saturated carbocycles. The summed E-state index contributed by atoms with van der Waals surface area (Å²) in [6.07, 6.45) is 2.40. The van der Waals surface area contributed by atoms with Crippen molar-refractivity contribution in [1.82, 2.24) is 10.1 Å². The minimum absolute atomic E-state index is 0.265. The molecule has 1 amide bonds. The summed E-state index contributed by atoms with van der Waals surface area (Å²) in [6, 6.07) is 5.50. The molecule has 0 aromatic carbocycles. The van der Waals surface area contributed by atoms with Gasteiger partial charge in [0, 0.05) is 17.4 Å². The standard InChI is InChI=1S/C14H11N3O2S2/c18-13(16-14-15-10(7-21-14)8-3-4-8)9-6-11(19-17-9)12-2-1-5-20-12/h1-2,5-8H,3-4H2,(H,15,16,18). The minimum Gasteiger partial charge on any atom is -0.355 e. The van der Waals surface area contributed by atoms with Crippen molar-refractivity contribution in [3.05, 3.63) is 40.3 Å². The first-order chi connectivity index (χ1) is 10.3. The van der Waals surface area contributed by atoms with Crippen LogP contribution in [0, 0.1) is 0 Å². The van der Waals surface area contributed by atoms with E-state index in [0.717, 1.165) is 10.6 Å². The number of hydrogen-bond donors (Lipinski definition) is 1. The van der Waals surface area contributed by atoms with Crippen molar-refractivity contribution >= 4 is 33.7 Å². The van der Waals surface area contributed by atoms with Crippen LogP contribution in [0.15, 0.2) is 33.5 Å². The van der Waals surface area contributed by atoms with Crippen LogP contribution in [0.2, 0.25) is 0 Å². The quantitative estimate of drug-likeness (QED) is 0.790. The molecule has 0 unspecified atom stereocenters. The highest BCUT2D eigenvalue weighted by Crippen LogP contribution is 2.40. The zero-order chi connectivity index (χ0) is 14.2. The number of carbonyl (C=O) groups is 1. The lowest BCUT2D eigenvalue weighted by molar-refractivity contribution is 0.101. The van der Waals surface area contributed by atoms with Crippen LogP contribution in [0.25, 0.3) is 10.6 Å². The van der Waals surface area contributed by atoms with Crippen LogP contribution >= 0.6 is 22.7 Å². The van der Waals surface area contributed by atoms with Crippen molar-refractivity contribution in [1.29, 1.82) is 0 Å². The number of hydrogen-bond acceptors (Lipinski definition) is 6. The number of anilines is 1. The lowest BCUT2D eigenvalue weighted by Crippen LogP contribution is -2.11. The first kappa shape index (κ1) is 12.7.